The second-order valence-electron chi connectivity index (χ2n) is 7.45. The zero-order valence-electron chi connectivity index (χ0n) is 16.7. The zero-order valence-corrected chi connectivity index (χ0v) is 16.7. The van der Waals surface area contributed by atoms with Gasteiger partial charge in [0.15, 0.2) is 12.2 Å². The number of fused-ring (bicyclic) bond motifs is 1. The summed E-state index contributed by atoms with van der Waals surface area (Å²) in [6, 6.07) is 7.03. The molecule has 2 aromatic rings. The molecule has 8 heteroatoms. The molecule has 0 radical (unpaired) electrons. The van der Waals surface area contributed by atoms with E-state index in [1.807, 2.05) is 56.9 Å². The minimum Gasteiger partial charge on any atom is -0.321 e. The molecule has 2 unspecified atom stereocenters. The molecule has 4 rings (SSSR count). The molecule has 1 aromatic heterocycles. The Bertz CT molecular complexity index is 1010. The lowest BCUT2D eigenvalue weighted by Gasteiger charge is -2.36. The molecule has 1 saturated heterocycles. The van der Waals surface area contributed by atoms with Gasteiger partial charge in [-0.2, -0.15) is 5.10 Å². The van der Waals surface area contributed by atoms with Crippen LogP contribution in [-0.4, -0.2) is 56.7 Å². The number of carbonyl (C=O) groups is 2. The lowest BCUT2D eigenvalue weighted by Crippen LogP contribution is -2.63. The largest absolute Gasteiger partial charge is 0.325 e. The van der Waals surface area contributed by atoms with E-state index in [0.717, 1.165) is 28.1 Å². The summed E-state index contributed by atoms with van der Waals surface area (Å²) in [5, 5.41) is 7.08. The summed E-state index contributed by atoms with van der Waals surface area (Å²) < 4.78 is 1.78. The van der Waals surface area contributed by atoms with Gasteiger partial charge in [0.25, 0.3) is 5.91 Å². The van der Waals surface area contributed by atoms with Crippen LogP contribution in [0.15, 0.2) is 29.3 Å². The molecule has 3 amide bonds. The molecule has 2 aliphatic rings. The molecular formula is C20H24N6O2. The van der Waals surface area contributed by atoms with Crippen molar-refractivity contribution < 1.29 is 9.59 Å². The van der Waals surface area contributed by atoms with E-state index < -0.39 is 18.2 Å². The standard InChI is InChI=1S/C20H24N6O2/c1-11-8-6-7-9-15(11)10-25-16-17(24(5)20(28)22-18(16)27)21-19(25)26-14(4)12(2)13(3)23-26/h6-9,16-17H,10H2,1-5H3,(H,22,27,28). The number of aromatic nitrogens is 2. The van der Waals surface area contributed by atoms with Gasteiger partial charge in [-0.3, -0.25) is 10.1 Å². The van der Waals surface area contributed by atoms with Crippen LogP contribution in [0.2, 0.25) is 0 Å². The number of urea groups is 1. The molecule has 146 valence electrons. The number of nitrogens with zero attached hydrogens (tertiary/aromatic N) is 5. The van der Waals surface area contributed by atoms with Gasteiger partial charge in [-0.15, -0.1) is 0 Å². The first-order valence-corrected chi connectivity index (χ1v) is 9.29. The number of hydrogen-bond donors (Lipinski definition) is 1. The Morgan fingerprint density at radius 1 is 1.11 bits per heavy atom. The van der Waals surface area contributed by atoms with Crippen molar-refractivity contribution in [2.75, 3.05) is 7.05 Å². The number of carbonyl (C=O) groups excluding carboxylic acids is 2. The normalized spacial score (nSPS) is 21.7. The van der Waals surface area contributed by atoms with Gasteiger partial charge in [0.2, 0.25) is 5.96 Å². The van der Waals surface area contributed by atoms with Crippen LogP contribution in [0.25, 0.3) is 0 Å². The maximum Gasteiger partial charge on any atom is 0.325 e. The number of imide groups is 1. The monoisotopic (exact) mass is 380 g/mol. The summed E-state index contributed by atoms with van der Waals surface area (Å²) >= 11 is 0. The molecule has 0 bridgehead atoms. The summed E-state index contributed by atoms with van der Waals surface area (Å²) in [7, 11) is 1.66. The average Bonchev–Trinajstić information content (AvgIpc) is 3.15. The molecule has 2 atom stereocenters. The topological polar surface area (TPSA) is 82.8 Å². The van der Waals surface area contributed by atoms with Crippen LogP contribution in [0.1, 0.15) is 28.1 Å². The van der Waals surface area contributed by atoms with Crippen LogP contribution in [-0.2, 0) is 11.3 Å². The Kier molecular flexibility index (Phi) is 4.21. The van der Waals surface area contributed by atoms with Crippen LogP contribution in [0.5, 0.6) is 0 Å². The first-order valence-electron chi connectivity index (χ1n) is 9.29. The van der Waals surface area contributed by atoms with Gasteiger partial charge in [-0.05, 0) is 44.4 Å². The van der Waals surface area contributed by atoms with Gasteiger partial charge in [-0.25, -0.2) is 14.5 Å². The predicted octanol–water partition coefficient (Wildman–Crippen LogP) is 1.71. The number of nitrogens with one attached hydrogen (secondary N) is 1. The molecule has 0 aliphatic carbocycles. The van der Waals surface area contributed by atoms with E-state index in [1.165, 1.54) is 4.90 Å². The van der Waals surface area contributed by atoms with Crippen molar-refractivity contribution in [1.29, 1.82) is 0 Å². The Morgan fingerprint density at radius 3 is 2.46 bits per heavy atom. The van der Waals surface area contributed by atoms with E-state index in [9.17, 15) is 9.59 Å². The first-order chi connectivity index (χ1) is 13.3. The van der Waals surface area contributed by atoms with Crippen LogP contribution < -0.4 is 5.32 Å². The lowest BCUT2D eigenvalue weighted by molar-refractivity contribution is -0.127. The fraction of sp³-hybridized carbons (Fsp3) is 0.400. The number of aryl methyl sites for hydroxylation is 2. The minimum absolute atomic E-state index is 0.335. The second-order valence-corrected chi connectivity index (χ2v) is 7.45. The highest BCUT2D eigenvalue weighted by atomic mass is 16.2. The number of amides is 3. The molecule has 1 fully saturated rings. The number of hydrogen-bond acceptors (Lipinski definition) is 5. The molecule has 1 N–H and O–H groups in total. The molecule has 3 heterocycles. The van der Waals surface area contributed by atoms with Crippen molar-refractivity contribution in [3.8, 4) is 0 Å². The molecule has 0 saturated carbocycles. The summed E-state index contributed by atoms with van der Waals surface area (Å²) in [5.74, 6) is 0.252. The summed E-state index contributed by atoms with van der Waals surface area (Å²) in [6.45, 7) is 8.50. The summed E-state index contributed by atoms with van der Waals surface area (Å²) in [4.78, 5) is 33.1. The van der Waals surface area contributed by atoms with Crippen LogP contribution in [0.4, 0.5) is 4.79 Å². The van der Waals surface area contributed by atoms with E-state index in [1.54, 1.807) is 11.7 Å². The van der Waals surface area contributed by atoms with Gasteiger partial charge in [0.1, 0.15) is 0 Å². The van der Waals surface area contributed by atoms with E-state index in [-0.39, 0.29) is 5.91 Å². The molecule has 1 aromatic carbocycles. The fourth-order valence-electron chi connectivity index (χ4n) is 3.74. The van der Waals surface area contributed by atoms with E-state index in [0.29, 0.717) is 12.5 Å². The Balaban J connectivity index is 1.82. The van der Waals surface area contributed by atoms with Gasteiger partial charge < -0.3 is 9.80 Å². The summed E-state index contributed by atoms with van der Waals surface area (Å²) in [5.41, 5.74) is 5.21. The van der Waals surface area contributed by atoms with Gasteiger partial charge in [0, 0.05) is 19.3 Å². The predicted molar refractivity (Wildman–Crippen MR) is 105 cm³/mol. The van der Waals surface area contributed by atoms with Crippen LogP contribution >= 0.6 is 0 Å². The van der Waals surface area contributed by atoms with Crippen molar-refractivity contribution in [3.63, 3.8) is 0 Å². The second kappa shape index (κ2) is 6.47. The van der Waals surface area contributed by atoms with Gasteiger partial charge in [-0.1, -0.05) is 24.3 Å². The number of likely N-dealkylation sites (N-methyl/N-ethyl adjacent to an activating group) is 1. The number of aliphatic imine (C=N–C) groups is 1. The van der Waals surface area contributed by atoms with E-state index in [4.69, 9.17) is 4.99 Å². The number of benzene rings is 1. The smallest absolute Gasteiger partial charge is 0.321 e. The molecule has 8 nitrogen and oxygen atoms in total. The maximum atomic E-state index is 12.7. The van der Waals surface area contributed by atoms with Crippen molar-refractivity contribution in [2.45, 2.75) is 46.4 Å². The van der Waals surface area contributed by atoms with E-state index in [2.05, 4.69) is 10.4 Å². The van der Waals surface area contributed by atoms with Crippen molar-refractivity contribution >= 4 is 17.9 Å². The Labute approximate surface area is 163 Å². The third-order valence-electron chi connectivity index (χ3n) is 5.78. The minimum atomic E-state index is -0.596. The van der Waals surface area contributed by atoms with Crippen LogP contribution in [0.3, 0.4) is 0 Å². The summed E-state index contributed by atoms with van der Waals surface area (Å²) in [6.07, 6.45) is -0.579. The Morgan fingerprint density at radius 2 is 1.82 bits per heavy atom. The third kappa shape index (κ3) is 2.67. The first kappa shape index (κ1) is 18.2. The third-order valence-corrected chi connectivity index (χ3v) is 5.78. The molecule has 28 heavy (non-hydrogen) atoms. The van der Waals surface area contributed by atoms with Gasteiger partial charge in [0.05, 0.1) is 5.69 Å². The lowest BCUT2D eigenvalue weighted by atomic mass is 10.1. The maximum absolute atomic E-state index is 12.7. The molecule has 0 spiro atoms. The SMILES string of the molecule is Cc1ccccc1CN1C(n2nc(C)c(C)c2C)=NC2C1C(=O)NC(=O)N2C. The highest BCUT2D eigenvalue weighted by Gasteiger charge is 2.49. The van der Waals surface area contributed by atoms with Crippen molar-refractivity contribution in [1.82, 2.24) is 24.9 Å². The fourth-order valence-corrected chi connectivity index (χ4v) is 3.74. The van der Waals surface area contributed by atoms with E-state index >= 15 is 0 Å². The van der Waals surface area contributed by atoms with Crippen molar-refractivity contribution in [2.24, 2.45) is 4.99 Å². The van der Waals surface area contributed by atoms with Gasteiger partial charge >= 0.3 is 6.03 Å². The average molecular weight is 380 g/mol. The molecular weight excluding hydrogens is 356 g/mol. The number of rotatable bonds is 2. The zero-order chi connectivity index (χ0) is 20.2. The highest BCUT2D eigenvalue weighted by molar-refractivity contribution is 6.04. The van der Waals surface area contributed by atoms with Crippen LogP contribution in [0, 0.1) is 27.7 Å². The highest BCUT2D eigenvalue weighted by Crippen LogP contribution is 2.28. The quantitative estimate of drug-likeness (QED) is 0.860. The Hall–Kier alpha value is -3.16. The molecule has 2 aliphatic heterocycles. The van der Waals surface area contributed by atoms with Crippen molar-refractivity contribution in [3.05, 3.63) is 52.3 Å².